The van der Waals surface area contributed by atoms with Crippen molar-refractivity contribution in [2.45, 2.75) is 57.6 Å². The van der Waals surface area contributed by atoms with Gasteiger partial charge in [-0.1, -0.05) is 18.9 Å². The van der Waals surface area contributed by atoms with E-state index >= 15 is 0 Å². The van der Waals surface area contributed by atoms with Gasteiger partial charge >= 0.3 is 0 Å². The number of hydrogen-bond donors (Lipinski definition) is 1. The number of nitrogens with zero attached hydrogens (tertiary/aromatic N) is 1. The first-order valence-corrected chi connectivity index (χ1v) is 6.23. The Morgan fingerprint density at radius 3 is 2.69 bits per heavy atom. The zero-order valence-corrected chi connectivity index (χ0v) is 10.2. The Bertz CT molecular complexity index is 232. The maximum Gasteiger partial charge on any atom is 0.223 e. The van der Waals surface area contributed by atoms with Crippen LogP contribution < -0.4 is 0 Å². The third-order valence-electron chi connectivity index (χ3n) is 3.19. The van der Waals surface area contributed by atoms with E-state index in [9.17, 15) is 9.90 Å². The molecule has 1 saturated carbocycles. The van der Waals surface area contributed by atoms with Crippen LogP contribution in [0.15, 0.2) is 12.7 Å². The van der Waals surface area contributed by atoms with Crippen molar-refractivity contribution in [1.29, 1.82) is 0 Å². The fraction of sp³-hybridized carbons (Fsp3) is 0.769. The van der Waals surface area contributed by atoms with E-state index in [1.165, 1.54) is 12.8 Å². The van der Waals surface area contributed by atoms with E-state index in [1.54, 1.807) is 13.0 Å². The molecule has 0 aromatic rings. The van der Waals surface area contributed by atoms with Crippen LogP contribution in [-0.2, 0) is 4.79 Å². The molecule has 3 nitrogen and oxygen atoms in total. The summed E-state index contributed by atoms with van der Waals surface area (Å²) >= 11 is 0. The topological polar surface area (TPSA) is 40.5 Å². The Labute approximate surface area is 98.1 Å². The van der Waals surface area contributed by atoms with Crippen LogP contribution in [0.1, 0.15) is 45.4 Å². The Hall–Kier alpha value is -0.830. The fourth-order valence-corrected chi connectivity index (χ4v) is 2.29. The lowest BCUT2D eigenvalue weighted by atomic mass is 10.1. The second-order valence-electron chi connectivity index (χ2n) is 4.66. The molecule has 1 atom stereocenters. The Morgan fingerprint density at radius 2 is 2.19 bits per heavy atom. The molecule has 1 fully saturated rings. The summed E-state index contributed by atoms with van der Waals surface area (Å²) in [4.78, 5) is 13.9. The first-order valence-electron chi connectivity index (χ1n) is 6.23. The average Bonchev–Trinajstić information content (AvgIpc) is 2.75. The van der Waals surface area contributed by atoms with Crippen LogP contribution in [0, 0.1) is 0 Å². The minimum absolute atomic E-state index is 0.160. The summed E-state index contributed by atoms with van der Waals surface area (Å²) in [6.07, 6.45) is 7.09. The lowest BCUT2D eigenvalue weighted by molar-refractivity contribution is -0.133. The van der Waals surface area contributed by atoms with E-state index in [-0.39, 0.29) is 5.91 Å². The van der Waals surface area contributed by atoms with E-state index in [2.05, 4.69) is 6.58 Å². The van der Waals surface area contributed by atoms with Gasteiger partial charge in [0, 0.05) is 19.0 Å². The summed E-state index contributed by atoms with van der Waals surface area (Å²) in [5.41, 5.74) is 0. The first-order chi connectivity index (χ1) is 7.65. The first kappa shape index (κ1) is 13.2. The molecule has 0 heterocycles. The molecule has 16 heavy (non-hydrogen) atoms. The zero-order valence-electron chi connectivity index (χ0n) is 10.2. The molecule has 1 unspecified atom stereocenters. The van der Waals surface area contributed by atoms with E-state index in [4.69, 9.17) is 0 Å². The van der Waals surface area contributed by atoms with Gasteiger partial charge < -0.3 is 10.0 Å². The number of carbonyl (C=O) groups excluding carboxylic acids is 1. The Morgan fingerprint density at radius 1 is 1.56 bits per heavy atom. The monoisotopic (exact) mass is 225 g/mol. The largest absolute Gasteiger partial charge is 0.393 e. The van der Waals surface area contributed by atoms with Crippen LogP contribution >= 0.6 is 0 Å². The van der Waals surface area contributed by atoms with Gasteiger partial charge in [0.2, 0.25) is 5.91 Å². The van der Waals surface area contributed by atoms with Crippen molar-refractivity contribution < 1.29 is 9.90 Å². The van der Waals surface area contributed by atoms with Crippen molar-refractivity contribution in [3.63, 3.8) is 0 Å². The lowest BCUT2D eigenvalue weighted by Crippen LogP contribution is -2.39. The Kier molecular flexibility index (Phi) is 5.53. The van der Waals surface area contributed by atoms with Gasteiger partial charge in [-0.15, -0.1) is 6.58 Å². The molecule has 1 rings (SSSR count). The molecule has 0 saturated heterocycles. The SMILES string of the molecule is C=CCN(C(=O)CCC(C)O)C1CCCC1. The third-order valence-corrected chi connectivity index (χ3v) is 3.19. The highest BCUT2D eigenvalue weighted by Crippen LogP contribution is 2.24. The quantitative estimate of drug-likeness (QED) is 0.703. The molecule has 3 heteroatoms. The molecule has 1 aliphatic carbocycles. The normalized spacial score (nSPS) is 18.4. The highest BCUT2D eigenvalue weighted by atomic mass is 16.3. The van der Waals surface area contributed by atoms with Crippen molar-refractivity contribution in [2.24, 2.45) is 0 Å². The zero-order chi connectivity index (χ0) is 12.0. The van der Waals surface area contributed by atoms with Gasteiger partial charge in [-0.2, -0.15) is 0 Å². The Balaban J connectivity index is 2.47. The summed E-state index contributed by atoms with van der Waals surface area (Å²) < 4.78 is 0. The molecule has 0 aromatic heterocycles. The van der Waals surface area contributed by atoms with Crippen molar-refractivity contribution >= 4 is 5.91 Å². The summed E-state index contributed by atoms with van der Waals surface area (Å²) in [6, 6.07) is 0.402. The molecule has 0 aromatic carbocycles. The van der Waals surface area contributed by atoms with Crippen LogP contribution in [-0.4, -0.2) is 34.6 Å². The number of rotatable bonds is 6. The van der Waals surface area contributed by atoms with Crippen molar-refractivity contribution in [2.75, 3.05) is 6.54 Å². The predicted molar refractivity (Wildman–Crippen MR) is 65.1 cm³/mol. The van der Waals surface area contributed by atoms with Gasteiger partial charge in [0.1, 0.15) is 0 Å². The average molecular weight is 225 g/mol. The molecule has 1 N–H and O–H groups in total. The second-order valence-corrected chi connectivity index (χ2v) is 4.66. The van der Waals surface area contributed by atoms with Crippen LogP contribution in [0.25, 0.3) is 0 Å². The molecule has 1 amide bonds. The maximum absolute atomic E-state index is 12.0. The highest BCUT2D eigenvalue weighted by molar-refractivity contribution is 5.76. The minimum atomic E-state index is -0.391. The summed E-state index contributed by atoms with van der Waals surface area (Å²) in [7, 11) is 0. The number of carbonyl (C=O) groups is 1. The van der Waals surface area contributed by atoms with Crippen LogP contribution in [0.4, 0.5) is 0 Å². The van der Waals surface area contributed by atoms with Gasteiger partial charge in [0.25, 0.3) is 0 Å². The standard InChI is InChI=1S/C13H23NO2/c1-3-10-14(12-6-4-5-7-12)13(16)9-8-11(2)15/h3,11-12,15H,1,4-10H2,2H3. The number of aliphatic hydroxyl groups is 1. The molecular formula is C13H23NO2. The molecule has 0 bridgehead atoms. The molecule has 92 valence electrons. The number of amides is 1. The van der Waals surface area contributed by atoms with Gasteiger partial charge in [0.05, 0.1) is 6.10 Å². The van der Waals surface area contributed by atoms with Gasteiger partial charge in [-0.05, 0) is 26.2 Å². The third kappa shape index (κ3) is 3.97. The molecule has 0 spiro atoms. The summed E-state index contributed by atoms with van der Waals surface area (Å²) in [6.45, 7) is 6.07. The van der Waals surface area contributed by atoms with Crippen molar-refractivity contribution in [1.82, 2.24) is 4.90 Å². The molecule has 0 radical (unpaired) electrons. The molecular weight excluding hydrogens is 202 g/mol. The second kappa shape index (κ2) is 6.69. The predicted octanol–water partition coefficient (Wildman–Crippen LogP) is 2.10. The van der Waals surface area contributed by atoms with E-state index in [1.807, 2.05) is 4.90 Å². The van der Waals surface area contributed by atoms with E-state index in [0.717, 1.165) is 12.8 Å². The smallest absolute Gasteiger partial charge is 0.223 e. The highest BCUT2D eigenvalue weighted by Gasteiger charge is 2.25. The van der Waals surface area contributed by atoms with Crippen molar-refractivity contribution in [3.8, 4) is 0 Å². The van der Waals surface area contributed by atoms with Crippen molar-refractivity contribution in [3.05, 3.63) is 12.7 Å². The van der Waals surface area contributed by atoms with E-state index in [0.29, 0.717) is 25.4 Å². The van der Waals surface area contributed by atoms with Gasteiger partial charge in [-0.3, -0.25) is 4.79 Å². The maximum atomic E-state index is 12.0. The van der Waals surface area contributed by atoms with Crippen LogP contribution in [0.3, 0.4) is 0 Å². The van der Waals surface area contributed by atoms with Crippen LogP contribution in [0.2, 0.25) is 0 Å². The minimum Gasteiger partial charge on any atom is -0.393 e. The lowest BCUT2D eigenvalue weighted by Gasteiger charge is -2.28. The fourth-order valence-electron chi connectivity index (χ4n) is 2.29. The summed E-state index contributed by atoms with van der Waals surface area (Å²) in [5.74, 6) is 0.160. The number of hydrogen-bond acceptors (Lipinski definition) is 2. The van der Waals surface area contributed by atoms with Crippen LogP contribution in [0.5, 0.6) is 0 Å². The van der Waals surface area contributed by atoms with Gasteiger partial charge in [-0.25, -0.2) is 0 Å². The molecule has 0 aliphatic heterocycles. The molecule has 1 aliphatic rings. The summed E-state index contributed by atoms with van der Waals surface area (Å²) in [5, 5.41) is 9.19. The number of aliphatic hydroxyl groups excluding tert-OH is 1. The van der Waals surface area contributed by atoms with Gasteiger partial charge in [0.15, 0.2) is 0 Å². The van der Waals surface area contributed by atoms with E-state index < -0.39 is 6.10 Å².